The van der Waals surface area contributed by atoms with Gasteiger partial charge in [-0.25, -0.2) is 9.37 Å². The third kappa shape index (κ3) is 3.70. The number of rotatable bonds is 5. The van der Waals surface area contributed by atoms with Crippen LogP contribution in [0.25, 0.3) is 22.5 Å². The Bertz CT molecular complexity index is 940. The fraction of sp³-hybridized carbons (Fsp3) is 0.0455. The van der Waals surface area contributed by atoms with Crippen molar-refractivity contribution in [2.45, 2.75) is 10.9 Å². The van der Waals surface area contributed by atoms with E-state index in [0.29, 0.717) is 5.75 Å². The van der Waals surface area contributed by atoms with Crippen LogP contribution in [0.5, 0.6) is 0 Å². The molecule has 1 N–H and O–H groups in total. The maximum atomic E-state index is 13.4. The summed E-state index contributed by atoms with van der Waals surface area (Å²) in [4.78, 5) is 8.25. The second kappa shape index (κ2) is 7.58. The smallest absolute Gasteiger partial charge is 0.166 e. The van der Waals surface area contributed by atoms with Crippen molar-refractivity contribution in [1.82, 2.24) is 9.97 Å². The average Bonchev–Trinajstić information content (AvgIpc) is 3.12. The normalized spacial score (nSPS) is 10.8. The van der Waals surface area contributed by atoms with E-state index in [1.54, 1.807) is 23.9 Å². The molecule has 0 aliphatic carbocycles. The number of halogens is 1. The van der Waals surface area contributed by atoms with Crippen molar-refractivity contribution in [3.8, 4) is 22.5 Å². The molecule has 0 amide bonds. The first-order valence-corrected chi connectivity index (χ1v) is 9.36. The molecule has 0 bridgehead atoms. The molecule has 0 unspecified atom stereocenters. The van der Waals surface area contributed by atoms with Crippen molar-refractivity contribution in [1.29, 1.82) is 0 Å². The molecule has 0 atom stereocenters. The Morgan fingerprint density at radius 2 is 1.50 bits per heavy atom. The topological polar surface area (TPSA) is 28.7 Å². The molecular weight excluding hydrogens is 343 g/mol. The van der Waals surface area contributed by atoms with Crippen LogP contribution < -0.4 is 0 Å². The van der Waals surface area contributed by atoms with Gasteiger partial charge in [-0.05, 0) is 17.7 Å². The van der Waals surface area contributed by atoms with Crippen molar-refractivity contribution in [2.75, 3.05) is 0 Å². The highest BCUT2D eigenvalue weighted by Crippen LogP contribution is 2.33. The first-order valence-electron chi connectivity index (χ1n) is 8.38. The van der Waals surface area contributed by atoms with Gasteiger partial charge in [0.05, 0.1) is 11.4 Å². The standard InChI is InChI=1S/C22H17FN2S/c23-19-13-7-8-16(14-19)15-26-22-24-20(17-9-3-1-4-10-17)21(25-22)18-11-5-2-6-12-18/h1-14H,15H2,(H,24,25). The lowest BCUT2D eigenvalue weighted by atomic mass is 10.1. The number of hydrogen-bond donors (Lipinski definition) is 1. The van der Waals surface area contributed by atoms with E-state index in [4.69, 9.17) is 4.98 Å². The monoisotopic (exact) mass is 360 g/mol. The van der Waals surface area contributed by atoms with Crippen LogP contribution in [0.2, 0.25) is 0 Å². The van der Waals surface area contributed by atoms with Crippen LogP contribution in [0.1, 0.15) is 5.56 Å². The summed E-state index contributed by atoms with van der Waals surface area (Å²) in [6.45, 7) is 0. The molecule has 3 aromatic carbocycles. The highest BCUT2D eigenvalue weighted by molar-refractivity contribution is 7.98. The lowest BCUT2D eigenvalue weighted by Gasteiger charge is -2.02. The van der Waals surface area contributed by atoms with Crippen molar-refractivity contribution in [3.63, 3.8) is 0 Å². The Balaban J connectivity index is 1.67. The van der Waals surface area contributed by atoms with E-state index in [-0.39, 0.29) is 5.82 Å². The Morgan fingerprint density at radius 3 is 2.19 bits per heavy atom. The summed E-state index contributed by atoms with van der Waals surface area (Å²) in [7, 11) is 0. The summed E-state index contributed by atoms with van der Waals surface area (Å²) in [6, 6.07) is 27.0. The maximum Gasteiger partial charge on any atom is 0.166 e. The van der Waals surface area contributed by atoms with Crippen LogP contribution in [-0.4, -0.2) is 9.97 Å². The van der Waals surface area contributed by atoms with Gasteiger partial charge >= 0.3 is 0 Å². The molecular formula is C22H17FN2S. The van der Waals surface area contributed by atoms with Crippen LogP contribution in [0, 0.1) is 5.82 Å². The number of benzene rings is 3. The van der Waals surface area contributed by atoms with E-state index in [1.807, 2.05) is 42.5 Å². The summed E-state index contributed by atoms with van der Waals surface area (Å²) in [6.07, 6.45) is 0. The summed E-state index contributed by atoms with van der Waals surface area (Å²) >= 11 is 1.57. The number of aromatic nitrogens is 2. The van der Waals surface area contributed by atoms with Gasteiger partial charge in [0.2, 0.25) is 0 Å². The van der Waals surface area contributed by atoms with Crippen molar-refractivity contribution >= 4 is 11.8 Å². The van der Waals surface area contributed by atoms with Gasteiger partial charge < -0.3 is 4.98 Å². The molecule has 1 heterocycles. The number of H-pyrrole nitrogens is 1. The first-order chi connectivity index (χ1) is 12.8. The van der Waals surface area contributed by atoms with Crippen LogP contribution in [0.4, 0.5) is 4.39 Å². The van der Waals surface area contributed by atoms with Crippen molar-refractivity contribution in [3.05, 3.63) is 96.3 Å². The van der Waals surface area contributed by atoms with Gasteiger partial charge in [-0.2, -0.15) is 0 Å². The van der Waals surface area contributed by atoms with Gasteiger partial charge in [-0.1, -0.05) is 84.6 Å². The predicted molar refractivity (Wildman–Crippen MR) is 105 cm³/mol. The fourth-order valence-electron chi connectivity index (χ4n) is 2.82. The zero-order valence-corrected chi connectivity index (χ0v) is 14.8. The minimum Gasteiger partial charge on any atom is -0.332 e. The SMILES string of the molecule is Fc1cccc(CSc2nc(-c3ccccc3)c(-c3ccccc3)[nH]2)c1. The maximum absolute atomic E-state index is 13.4. The Hall–Kier alpha value is -2.85. The quantitative estimate of drug-likeness (QED) is 0.431. The molecule has 0 aliphatic rings. The molecule has 128 valence electrons. The average molecular weight is 360 g/mol. The molecule has 0 radical (unpaired) electrons. The summed E-state index contributed by atoms with van der Waals surface area (Å²) < 4.78 is 13.4. The highest BCUT2D eigenvalue weighted by atomic mass is 32.2. The highest BCUT2D eigenvalue weighted by Gasteiger charge is 2.14. The van der Waals surface area contributed by atoms with Gasteiger partial charge in [-0.15, -0.1) is 0 Å². The summed E-state index contributed by atoms with van der Waals surface area (Å²) in [5.41, 5.74) is 5.03. The van der Waals surface area contributed by atoms with E-state index in [0.717, 1.165) is 33.2 Å². The summed E-state index contributed by atoms with van der Waals surface area (Å²) in [5, 5.41) is 0.826. The molecule has 0 spiro atoms. The molecule has 4 heteroatoms. The lowest BCUT2D eigenvalue weighted by Crippen LogP contribution is -1.83. The number of thioether (sulfide) groups is 1. The van der Waals surface area contributed by atoms with Crippen LogP contribution >= 0.6 is 11.8 Å². The number of nitrogens with one attached hydrogen (secondary N) is 1. The van der Waals surface area contributed by atoms with Gasteiger partial charge in [0.25, 0.3) is 0 Å². The molecule has 26 heavy (non-hydrogen) atoms. The van der Waals surface area contributed by atoms with Crippen LogP contribution in [-0.2, 0) is 5.75 Å². The van der Waals surface area contributed by atoms with Crippen LogP contribution in [0.3, 0.4) is 0 Å². The molecule has 2 nitrogen and oxygen atoms in total. The zero-order chi connectivity index (χ0) is 17.8. The molecule has 0 aliphatic heterocycles. The van der Waals surface area contributed by atoms with E-state index in [9.17, 15) is 4.39 Å². The number of hydrogen-bond acceptors (Lipinski definition) is 2. The van der Waals surface area contributed by atoms with Crippen molar-refractivity contribution in [2.24, 2.45) is 0 Å². The van der Waals surface area contributed by atoms with Crippen LogP contribution in [0.15, 0.2) is 90.1 Å². The van der Waals surface area contributed by atoms with Gasteiger partial charge in [0, 0.05) is 16.9 Å². The van der Waals surface area contributed by atoms with Crippen molar-refractivity contribution < 1.29 is 4.39 Å². The Kier molecular flexibility index (Phi) is 4.84. The molecule has 0 fully saturated rings. The minimum absolute atomic E-state index is 0.211. The predicted octanol–water partition coefficient (Wildman–Crippen LogP) is 6.18. The molecule has 0 saturated carbocycles. The van der Waals surface area contributed by atoms with E-state index in [1.165, 1.54) is 6.07 Å². The third-order valence-electron chi connectivity index (χ3n) is 4.06. The Labute approximate surface area is 156 Å². The van der Waals surface area contributed by atoms with Gasteiger partial charge in [0.15, 0.2) is 5.16 Å². The number of imidazole rings is 1. The molecule has 1 aromatic heterocycles. The Morgan fingerprint density at radius 1 is 0.808 bits per heavy atom. The third-order valence-corrected chi connectivity index (χ3v) is 5.00. The second-order valence-electron chi connectivity index (χ2n) is 5.92. The summed E-state index contributed by atoms with van der Waals surface area (Å²) in [5.74, 6) is 0.450. The number of aromatic amines is 1. The second-order valence-corrected chi connectivity index (χ2v) is 6.88. The number of nitrogens with zero attached hydrogens (tertiary/aromatic N) is 1. The van der Waals surface area contributed by atoms with Gasteiger partial charge in [-0.3, -0.25) is 0 Å². The lowest BCUT2D eigenvalue weighted by molar-refractivity contribution is 0.626. The molecule has 4 aromatic rings. The largest absolute Gasteiger partial charge is 0.332 e. The first kappa shape index (κ1) is 16.6. The van der Waals surface area contributed by atoms with E-state index < -0.39 is 0 Å². The molecule has 0 saturated heterocycles. The van der Waals surface area contributed by atoms with Gasteiger partial charge in [0.1, 0.15) is 5.82 Å². The fourth-order valence-corrected chi connectivity index (χ4v) is 3.63. The van der Waals surface area contributed by atoms with E-state index >= 15 is 0 Å². The zero-order valence-electron chi connectivity index (χ0n) is 14.0. The molecule has 4 rings (SSSR count). The minimum atomic E-state index is -0.211. The van der Waals surface area contributed by atoms with E-state index in [2.05, 4.69) is 29.2 Å².